The molecule has 0 aliphatic heterocycles. The average molecular weight is 248 g/mol. The third-order valence-electron chi connectivity index (χ3n) is 3.37. The van der Waals surface area contributed by atoms with Crippen molar-refractivity contribution in [2.75, 3.05) is 5.73 Å². The molecule has 0 saturated heterocycles. The average Bonchev–Trinajstić information content (AvgIpc) is 2.58. The molecular formula is C13H20N4O. The fraction of sp³-hybridized carbons (Fsp3) is 0.538. The van der Waals surface area contributed by atoms with Crippen molar-refractivity contribution in [1.29, 1.82) is 0 Å². The number of carbonyl (C=O) groups is 1. The zero-order valence-electron chi connectivity index (χ0n) is 10.9. The summed E-state index contributed by atoms with van der Waals surface area (Å²) in [4.78, 5) is 11.9. The van der Waals surface area contributed by atoms with Crippen molar-refractivity contribution < 1.29 is 4.79 Å². The number of hydrogen-bond acceptors (Lipinski definition) is 3. The van der Waals surface area contributed by atoms with E-state index < -0.39 is 0 Å². The lowest BCUT2D eigenvalue weighted by atomic mass is 10.0. The van der Waals surface area contributed by atoms with Gasteiger partial charge in [0, 0.05) is 6.04 Å². The molecule has 1 aromatic heterocycles. The molecule has 1 aliphatic rings. The summed E-state index contributed by atoms with van der Waals surface area (Å²) in [6.07, 6.45) is 7.25. The van der Waals surface area contributed by atoms with Crippen LogP contribution in [0, 0.1) is 13.8 Å². The lowest BCUT2D eigenvalue weighted by Crippen LogP contribution is -2.37. The second-order valence-electron chi connectivity index (χ2n) is 4.79. The Balaban J connectivity index is 1.94. The van der Waals surface area contributed by atoms with E-state index in [1.807, 2.05) is 13.8 Å². The second kappa shape index (κ2) is 5.25. The molecule has 3 N–H and O–H groups in total. The first-order chi connectivity index (χ1) is 8.58. The minimum Gasteiger partial charge on any atom is -0.396 e. The normalized spacial score (nSPS) is 18.9. The first kappa shape index (κ1) is 12.7. The molecule has 0 spiro atoms. The Kier molecular flexibility index (Phi) is 3.69. The zero-order valence-corrected chi connectivity index (χ0v) is 10.9. The van der Waals surface area contributed by atoms with Gasteiger partial charge < -0.3 is 11.1 Å². The fourth-order valence-electron chi connectivity index (χ4n) is 2.20. The molecule has 0 fully saturated rings. The molecule has 1 atom stereocenters. The number of nitrogens with two attached hydrogens (primary N) is 1. The molecule has 0 radical (unpaired) electrons. The second-order valence-corrected chi connectivity index (χ2v) is 4.79. The van der Waals surface area contributed by atoms with Crippen LogP contribution in [-0.2, 0) is 11.3 Å². The molecule has 5 nitrogen and oxygen atoms in total. The predicted octanol–water partition coefficient (Wildman–Crippen LogP) is 1.31. The number of allylic oxidation sites excluding steroid dienone is 1. The molecule has 0 aromatic carbocycles. The number of nitrogens with one attached hydrogen (secondary N) is 1. The maximum Gasteiger partial charge on any atom is 0.241 e. The Morgan fingerprint density at radius 1 is 1.56 bits per heavy atom. The molecule has 1 aromatic rings. The molecule has 0 saturated carbocycles. The number of amides is 1. The van der Waals surface area contributed by atoms with Crippen LogP contribution in [0.2, 0.25) is 0 Å². The summed E-state index contributed by atoms with van der Waals surface area (Å²) in [6.45, 7) is 3.97. The largest absolute Gasteiger partial charge is 0.396 e. The number of hydrogen-bond donors (Lipinski definition) is 2. The summed E-state index contributed by atoms with van der Waals surface area (Å²) in [5.74, 6) is 0.000833. The van der Waals surface area contributed by atoms with Gasteiger partial charge >= 0.3 is 0 Å². The van der Waals surface area contributed by atoms with Gasteiger partial charge in [-0.05, 0) is 33.1 Å². The van der Waals surface area contributed by atoms with Crippen LogP contribution in [0.3, 0.4) is 0 Å². The van der Waals surface area contributed by atoms with Gasteiger partial charge in [-0.3, -0.25) is 9.48 Å². The SMILES string of the molecule is Cc1nn(CC(=O)NC2CC=CCC2)c(C)c1N. The van der Waals surface area contributed by atoms with Crippen LogP contribution in [0.15, 0.2) is 12.2 Å². The number of aromatic nitrogens is 2. The minimum atomic E-state index is 0.000833. The molecule has 2 rings (SSSR count). The van der Waals surface area contributed by atoms with Crippen LogP contribution >= 0.6 is 0 Å². The smallest absolute Gasteiger partial charge is 0.241 e. The quantitative estimate of drug-likeness (QED) is 0.792. The summed E-state index contributed by atoms with van der Waals surface area (Å²) in [5.41, 5.74) is 8.14. The Bertz CT molecular complexity index is 476. The van der Waals surface area contributed by atoms with Crippen LogP contribution in [0.1, 0.15) is 30.7 Å². The van der Waals surface area contributed by atoms with Crippen LogP contribution < -0.4 is 11.1 Å². The molecular weight excluding hydrogens is 228 g/mol. The number of carbonyl (C=O) groups excluding carboxylic acids is 1. The first-order valence-corrected chi connectivity index (χ1v) is 6.31. The molecule has 1 heterocycles. The molecule has 0 bridgehead atoms. The summed E-state index contributed by atoms with van der Waals surface area (Å²) in [5, 5.41) is 7.29. The zero-order chi connectivity index (χ0) is 13.1. The van der Waals surface area contributed by atoms with E-state index in [-0.39, 0.29) is 18.5 Å². The van der Waals surface area contributed by atoms with Gasteiger partial charge in [-0.1, -0.05) is 12.2 Å². The highest BCUT2D eigenvalue weighted by Gasteiger charge is 2.15. The summed E-state index contributed by atoms with van der Waals surface area (Å²) >= 11 is 0. The highest BCUT2D eigenvalue weighted by molar-refractivity contribution is 5.76. The Labute approximate surface area is 107 Å². The number of anilines is 1. The fourth-order valence-corrected chi connectivity index (χ4v) is 2.20. The van der Waals surface area contributed by atoms with E-state index in [9.17, 15) is 4.79 Å². The van der Waals surface area contributed by atoms with E-state index in [4.69, 9.17) is 5.73 Å². The number of aryl methyl sites for hydroxylation is 1. The maximum atomic E-state index is 11.9. The van der Waals surface area contributed by atoms with Crippen molar-refractivity contribution in [1.82, 2.24) is 15.1 Å². The van der Waals surface area contributed by atoms with Crippen LogP contribution in [0.4, 0.5) is 5.69 Å². The van der Waals surface area contributed by atoms with Gasteiger partial charge in [-0.2, -0.15) is 5.10 Å². The molecule has 1 unspecified atom stereocenters. The molecule has 5 heteroatoms. The Morgan fingerprint density at radius 2 is 2.33 bits per heavy atom. The van der Waals surface area contributed by atoms with E-state index in [0.717, 1.165) is 30.7 Å². The Morgan fingerprint density at radius 3 is 2.89 bits per heavy atom. The third-order valence-corrected chi connectivity index (χ3v) is 3.37. The van der Waals surface area contributed by atoms with Crippen molar-refractivity contribution >= 4 is 11.6 Å². The number of nitrogen functional groups attached to an aromatic ring is 1. The van der Waals surface area contributed by atoms with Crippen molar-refractivity contribution in [3.05, 3.63) is 23.5 Å². The van der Waals surface area contributed by atoms with E-state index in [1.165, 1.54) is 0 Å². The number of nitrogens with zero attached hydrogens (tertiary/aromatic N) is 2. The molecule has 98 valence electrons. The van der Waals surface area contributed by atoms with Gasteiger partial charge in [0.15, 0.2) is 0 Å². The van der Waals surface area contributed by atoms with E-state index in [1.54, 1.807) is 4.68 Å². The first-order valence-electron chi connectivity index (χ1n) is 6.31. The minimum absolute atomic E-state index is 0.000833. The highest BCUT2D eigenvalue weighted by atomic mass is 16.2. The number of rotatable bonds is 3. The van der Waals surface area contributed by atoms with Crippen LogP contribution in [-0.4, -0.2) is 21.7 Å². The summed E-state index contributed by atoms with van der Waals surface area (Å²) < 4.78 is 1.67. The van der Waals surface area contributed by atoms with Gasteiger partial charge in [0.1, 0.15) is 6.54 Å². The molecule has 1 amide bonds. The standard InChI is InChI=1S/C13H20N4O/c1-9-13(14)10(2)17(16-9)8-12(18)15-11-6-4-3-5-7-11/h3-4,11H,5-8,14H2,1-2H3,(H,15,18). The lowest BCUT2D eigenvalue weighted by molar-refractivity contribution is -0.122. The van der Waals surface area contributed by atoms with Gasteiger partial charge in [0.05, 0.1) is 17.1 Å². The van der Waals surface area contributed by atoms with Gasteiger partial charge in [0.2, 0.25) is 5.91 Å². The highest BCUT2D eigenvalue weighted by Crippen LogP contribution is 2.15. The maximum absolute atomic E-state index is 11.9. The molecule has 1 aliphatic carbocycles. The lowest BCUT2D eigenvalue weighted by Gasteiger charge is -2.19. The van der Waals surface area contributed by atoms with Crippen molar-refractivity contribution in [3.63, 3.8) is 0 Å². The van der Waals surface area contributed by atoms with E-state index >= 15 is 0 Å². The van der Waals surface area contributed by atoms with Crippen LogP contribution in [0.25, 0.3) is 0 Å². The van der Waals surface area contributed by atoms with Crippen molar-refractivity contribution in [2.45, 2.75) is 45.7 Å². The summed E-state index contributed by atoms with van der Waals surface area (Å²) in [6, 6.07) is 0.261. The van der Waals surface area contributed by atoms with E-state index in [2.05, 4.69) is 22.6 Å². The van der Waals surface area contributed by atoms with Crippen LogP contribution in [0.5, 0.6) is 0 Å². The summed E-state index contributed by atoms with van der Waals surface area (Å²) in [7, 11) is 0. The van der Waals surface area contributed by atoms with Crippen molar-refractivity contribution in [2.24, 2.45) is 0 Å². The monoisotopic (exact) mass is 248 g/mol. The topological polar surface area (TPSA) is 72.9 Å². The Hall–Kier alpha value is -1.78. The predicted molar refractivity (Wildman–Crippen MR) is 71.0 cm³/mol. The van der Waals surface area contributed by atoms with Gasteiger partial charge in [0.25, 0.3) is 0 Å². The third kappa shape index (κ3) is 2.72. The van der Waals surface area contributed by atoms with E-state index in [0.29, 0.717) is 5.69 Å². The van der Waals surface area contributed by atoms with Gasteiger partial charge in [-0.15, -0.1) is 0 Å². The van der Waals surface area contributed by atoms with Gasteiger partial charge in [-0.25, -0.2) is 0 Å². The molecule has 18 heavy (non-hydrogen) atoms. The van der Waals surface area contributed by atoms with Crippen molar-refractivity contribution in [3.8, 4) is 0 Å².